The third-order valence-electron chi connectivity index (χ3n) is 3.75. The quantitative estimate of drug-likeness (QED) is 0.754. The minimum absolute atomic E-state index is 0.492. The number of hydrogen-bond acceptors (Lipinski definition) is 2. The number of nitrogens with zero attached hydrogens (tertiary/aromatic N) is 3. The van der Waals surface area contributed by atoms with Crippen molar-refractivity contribution in [1.29, 1.82) is 0 Å². The summed E-state index contributed by atoms with van der Waals surface area (Å²) in [6, 6.07) is 3.17. The molecule has 2 heterocycles. The van der Waals surface area contributed by atoms with Crippen LogP contribution < -0.4 is 0 Å². The van der Waals surface area contributed by atoms with Crippen LogP contribution in [0.15, 0.2) is 12.3 Å². The van der Waals surface area contributed by atoms with Crippen LogP contribution in [-0.2, 0) is 6.54 Å². The molecule has 0 aromatic carbocycles. The minimum atomic E-state index is 0.492. The smallest absolute Gasteiger partial charge is 0.0765 e. The molecule has 1 aromatic heterocycles. The fourth-order valence-electron chi connectivity index (χ4n) is 2.38. The SMILES string of the molecule is CCC(C)n1ccc(CN2CCCC2CCl)n1. The van der Waals surface area contributed by atoms with E-state index < -0.39 is 0 Å². The van der Waals surface area contributed by atoms with Gasteiger partial charge in [-0.05, 0) is 38.8 Å². The van der Waals surface area contributed by atoms with E-state index in [0.717, 1.165) is 25.4 Å². The standard InChI is InChI=1S/C13H22ClN3/c1-3-11(2)17-8-6-12(15-17)10-16-7-4-5-13(16)9-14/h6,8,11,13H,3-5,7,9-10H2,1-2H3. The summed E-state index contributed by atoms with van der Waals surface area (Å²) in [5.74, 6) is 0.742. The highest BCUT2D eigenvalue weighted by Gasteiger charge is 2.24. The maximum absolute atomic E-state index is 5.98. The highest BCUT2D eigenvalue weighted by atomic mass is 35.5. The zero-order chi connectivity index (χ0) is 12.3. The van der Waals surface area contributed by atoms with Crippen LogP contribution >= 0.6 is 11.6 Å². The summed E-state index contributed by atoms with van der Waals surface area (Å²) >= 11 is 5.98. The van der Waals surface area contributed by atoms with E-state index >= 15 is 0 Å². The lowest BCUT2D eigenvalue weighted by molar-refractivity contribution is 0.258. The Morgan fingerprint density at radius 1 is 1.59 bits per heavy atom. The van der Waals surface area contributed by atoms with Crippen LogP contribution in [0.4, 0.5) is 0 Å². The molecule has 1 fully saturated rings. The molecule has 3 nitrogen and oxygen atoms in total. The first-order chi connectivity index (χ1) is 8.24. The van der Waals surface area contributed by atoms with Crippen molar-refractivity contribution in [3.8, 4) is 0 Å². The van der Waals surface area contributed by atoms with E-state index in [9.17, 15) is 0 Å². The Morgan fingerprint density at radius 2 is 2.41 bits per heavy atom. The van der Waals surface area contributed by atoms with Gasteiger partial charge in [0.2, 0.25) is 0 Å². The van der Waals surface area contributed by atoms with Crippen LogP contribution in [0.1, 0.15) is 44.8 Å². The third-order valence-corrected chi connectivity index (χ3v) is 4.10. The van der Waals surface area contributed by atoms with E-state index in [1.54, 1.807) is 0 Å². The monoisotopic (exact) mass is 255 g/mol. The van der Waals surface area contributed by atoms with Crippen LogP contribution in [0.5, 0.6) is 0 Å². The van der Waals surface area contributed by atoms with Crippen LogP contribution in [0, 0.1) is 0 Å². The van der Waals surface area contributed by atoms with Crippen LogP contribution in [0.2, 0.25) is 0 Å². The van der Waals surface area contributed by atoms with Crippen LogP contribution in [-0.4, -0.2) is 33.1 Å². The molecule has 96 valence electrons. The Kier molecular flexibility index (Phi) is 4.46. The van der Waals surface area contributed by atoms with Crippen molar-refractivity contribution in [3.05, 3.63) is 18.0 Å². The number of hydrogen-bond donors (Lipinski definition) is 0. The summed E-state index contributed by atoms with van der Waals surface area (Å²) in [6.45, 7) is 6.50. The molecule has 2 atom stereocenters. The van der Waals surface area contributed by atoms with E-state index in [1.165, 1.54) is 18.5 Å². The molecule has 0 amide bonds. The number of aromatic nitrogens is 2. The Hall–Kier alpha value is -0.540. The van der Waals surface area contributed by atoms with Gasteiger partial charge in [0.15, 0.2) is 0 Å². The van der Waals surface area contributed by atoms with Crippen LogP contribution in [0.3, 0.4) is 0 Å². The maximum Gasteiger partial charge on any atom is 0.0765 e. The van der Waals surface area contributed by atoms with Gasteiger partial charge in [-0.2, -0.15) is 5.10 Å². The Balaban J connectivity index is 1.96. The first-order valence-electron chi connectivity index (χ1n) is 6.58. The van der Waals surface area contributed by atoms with Crippen molar-refractivity contribution in [2.24, 2.45) is 0 Å². The van der Waals surface area contributed by atoms with Gasteiger partial charge in [0, 0.05) is 30.7 Å². The lowest BCUT2D eigenvalue weighted by Gasteiger charge is -2.21. The van der Waals surface area contributed by atoms with Gasteiger partial charge in [-0.15, -0.1) is 11.6 Å². The van der Waals surface area contributed by atoms with Gasteiger partial charge in [-0.25, -0.2) is 0 Å². The van der Waals surface area contributed by atoms with Crippen molar-refractivity contribution in [3.63, 3.8) is 0 Å². The fourth-order valence-corrected chi connectivity index (χ4v) is 2.73. The molecule has 0 spiro atoms. The van der Waals surface area contributed by atoms with Crippen molar-refractivity contribution >= 4 is 11.6 Å². The number of likely N-dealkylation sites (tertiary alicyclic amines) is 1. The van der Waals surface area contributed by atoms with Gasteiger partial charge in [0.05, 0.1) is 5.69 Å². The topological polar surface area (TPSA) is 21.1 Å². The van der Waals surface area contributed by atoms with Gasteiger partial charge in [0.1, 0.15) is 0 Å². The van der Waals surface area contributed by atoms with Crippen LogP contribution in [0.25, 0.3) is 0 Å². The normalized spacial score (nSPS) is 23.1. The zero-order valence-corrected chi connectivity index (χ0v) is 11.5. The number of halogens is 1. The highest BCUT2D eigenvalue weighted by Crippen LogP contribution is 2.20. The molecule has 17 heavy (non-hydrogen) atoms. The second-order valence-electron chi connectivity index (χ2n) is 4.97. The van der Waals surface area contributed by atoms with E-state index in [-0.39, 0.29) is 0 Å². The first kappa shape index (κ1) is 12.9. The molecule has 1 aliphatic heterocycles. The maximum atomic E-state index is 5.98. The summed E-state index contributed by atoms with van der Waals surface area (Å²) in [7, 11) is 0. The Bertz CT molecular complexity index is 350. The number of rotatable bonds is 5. The zero-order valence-electron chi connectivity index (χ0n) is 10.8. The lowest BCUT2D eigenvalue weighted by atomic mass is 10.2. The van der Waals surface area contributed by atoms with E-state index in [4.69, 9.17) is 11.6 Å². The highest BCUT2D eigenvalue weighted by molar-refractivity contribution is 6.18. The molecule has 0 radical (unpaired) electrons. The Labute approximate surface area is 109 Å². The van der Waals surface area contributed by atoms with Crippen molar-refractivity contribution in [2.45, 2.75) is 51.7 Å². The third kappa shape index (κ3) is 3.02. The molecule has 0 saturated carbocycles. The molecular formula is C13H22ClN3. The first-order valence-corrected chi connectivity index (χ1v) is 7.12. The van der Waals surface area contributed by atoms with Gasteiger partial charge < -0.3 is 0 Å². The fraction of sp³-hybridized carbons (Fsp3) is 0.769. The largest absolute Gasteiger partial charge is 0.293 e. The van der Waals surface area contributed by atoms with Gasteiger partial charge in [0.25, 0.3) is 0 Å². The van der Waals surface area contributed by atoms with Crippen molar-refractivity contribution < 1.29 is 0 Å². The summed E-state index contributed by atoms with van der Waals surface area (Å²) in [6.07, 6.45) is 5.71. The molecule has 0 bridgehead atoms. The summed E-state index contributed by atoms with van der Waals surface area (Å²) < 4.78 is 2.07. The molecule has 1 saturated heterocycles. The lowest BCUT2D eigenvalue weighted by Crippen LogP contribution is -2.30. The molecule has 0 aliphatic carbocycles. The van der Waals surface area contributed by atoms with Gasteiger partial charge in [-0.3, -0.25) is 9.58 Å². The average Bonchev–Trinajstić information content (AvgIpc) is 2.97. The summed E-state index contributed by atoms with van der Waals surface area (Å²) in [4.78, 5) is 2.45. The summed E-state index contributed by atoms with van der Waals surface area (Å²) in [5.41, 5.74) is 1.17. The molecule has 2 unspecified atom stereocenters. The van der Waals surface area contributed by atoms with E-state index in [1.807, 2.05) is 0 Å². The number of alkyl halides is 1. The predicted octanol–water partition coefficient (Wildman–Crippen LogP) is 3.06. The molecule has 4 heteroatoms. The molecule has 1 aromatic rings. The second kappa shape index (κ2) is 5.87. The molecule has 0 N–H and O–H groups in total. The minimum Gasteiger partial charge on any atom is -0.293 e. The summed E-state index contributed by atoms with van der Waals surface area (Å²) in [5, 5.41) is 4.65. The van der Waals surface area contributed by atoms with Crippen molar-refractivity contribution in [2.75, 3.05) is 12.4 Å². The van der Waals surface area contributed by atoms with Crippen molar-refractivity contribution in [1.82, 2.24) is 14.7 Å². The average molecular weight is 256 g/mol. The predicted molar refractivity (Wildman–Crippen MR) is 71.4 cm³/mol. The van der Waals surface area contributed by atoms with E-state index in [0.29, 0.717) is 12.1 Å². The molecular weight excluding hydrogens is 234 g/mol. The van der Waals surface area contributed by atoms with Gasteiger partial charge >= 0.3 is 0 Å². The Morgan fingerprint density at radius 3 is 3.12 bits per heavy atom. The second-order valence-corrected chi connectivity index (χ2v) is 5.27. The molecule has 2 rings (SSSR count). The van der Waals surface area contributed by atoms with Gasteiger partial charge in [-0.1, -0.05) is 6.92 Å². The molecule has 1 aliphatic rings. The van der Waals surface area contributed by atoms with E-state index in [2.05, 4.69) is 40.8 Å².